The first kappa shape index (κ1) is 19.2. The Morgan fingerprint density at radius 3 is 2.44 bits per heavy atom. The van der Waals surface area contributed by atoms with Gasteiger partial charge in [0, 0.05) is 11.3 Å². The normalized spacial score (nSPS) is 16.0. The van der Waals surface area contributed by atoms with E-state index in [2.05, 4.69) is 88.8 Å². The summed E-state index contributed by atoms with van der Waals surface area (Å²) in [7, 11) is 2.06. The number of allylic oxidation sites excluding steroid dienone is 3. The molecule has 1 aliphatic rings. The third kappa shape index (κ3) is 4.06. The van der Waals surface area contributed by atoms with E-state index in [0.29, 0.717) is 6.54 Å². The molecule has 138 valence electrons. The summed E-state index contributed by atoms with van der Waals surface area (Å²) in [5, 5.41) is 0. The average molecular weight is 357 g/mol. The first-order chi connectivity index (χ1) is 12.9. The van der Waals surface area contributed by atoms with E-state index in [-0.39, 0.29) is 0 Å². The smallest absolute Gasteiger partial charge is 0.223 e. The number of aliphatic imine (C=N–C) groups is 1. The quantitative estimate of drug-likeness (QED) is 0.808. The number of hydrogen-bond acceptors (Lipinski definition) is 2. The van der Waals surface area contributed by atoms with E-state index in [1.807, 2.05) is 0 Å². The van der Waals surface area contributed by atoms with E-state index in [9.17, 15) is 0 Å². The van der Waals surface area contributed by atoms with Crippen molar-refractivity contribution < 1.29 is 0 Å². The van der Waals surface area contributed by atoms with E-state index in [0.717, 1.165) is 17.8 Å². The molecule has 1 aromatic carbocycles. The molecule has 0 amide bonds. The third-order valence-electron chi connectivity index (χ3n) is 5.07. The predicted octanol–water partition coefficient (Wildman–Crippen LogP) is 3.98. The molecule has 4 heteroatoms. The maximum atomic E-state index is 5.89. The van der Waals surface area contributed by atoms with Gasteiger partial charge in [-0.2, -0.15) is 0 Å². The van der Waals surface area contributed by atoms with Crippen LogP contribution in [-0.4, -0.2) is 24.7 Å². The number of benzene rings is 1. The van der Waals surface area contributed by atoms with E-state index in [1.54, 1.807) is 0 Å². The van der Waals surface area contributed by atoms with Crippen molar-refractivity contribution in [3.8, 4) is 0 Å². The van der Waals surface area contributed by atoms with Crippen molar-refractivity contribution in [2.24, 2.45) is 10.7 Å². The summed E-state index contributed by atoms with van der Waals surface area (Å²) in [4.78, 5) is 4.93. The third-order valence-corrected chi connectivity index (χ3v) is 5.07. The van der Waals surface area contributed by atoms with Gasteiger partial charge in [-0.25, -0.2) is 4.99 Å². The van der Waals surface area contributed by atoms with E-state index < -0.39 is 0 Å². The zero-order valence-electron chi connectivity index (χ0n) is 17.0. The van der Waals surface area contributed by atoms with Crippen molar-refractivity contribution in [3.63, 3.8) is 0 Å². The van der Waals surface area contributed by atoms with Gasteiger partial charge in [0.15, 0.2) is 0 Å². The molecule has 0 unspecified atom stereocenters. The molecule has 0 saturated carbocycles. The predicted molar refractivity (Wildman–Crippen MR) is 120 cm³/mol. The van der Waals surface area contributed by atoms with Crippen LogP contribution in [0.5, 0.6) is 0 Å². The van der Waals surface area contributed by atoms with Crippen molar-refractivity contribution in [1.29, 1.82) is 0 Å². The molecule has 0 fully saturated rings. The highest BCUT2D eigenvalue weighted by atomic mass is 14.9. The molecular formula is C23H28BN3. The summed E-state index contributed by atoms with van der Waals surface area (Å²) in [6.45, 7) is 9.20. The van der Waals surface area contributed by atoms with Gasteiger partial charge in [-0.1, -0.05) is 23.8 Å². The van der Waals surface area contributed by atoms with Gasteiger partial charge in [-0.05, 0) is 93.4 Å². The lowest BCUT2D eigenvalue weighted by Gasteiger charge is -2.11. The van der Waals surface area contributed by atoms with Crippen molar-refractivity contribution in [2.45, 2.75) is 34.1 Å². The van der Waals surface area contributed by atoms with Crippen LogP contribution in [0.4, 0.5) is 0 Å². The molecule has 2 aromatic rings. The second-order valence-electron chi connectivity index (χ2n) is 7.38. The fourth-order valence-electron chi connectivity index (χ4n) is 3.84. The van der Waals surface area contributed by atoms with Gasteiger partial charge in [-0.3, -0.25) is 0 Å². The van der Waals surface area contributed by atoms with E-state index >= 15 is 0 Å². The standard InChI is InChI=1S/C23H28BN3/c1-15-12-16(2)20(17(3)13-15)8-7-19-14-18(4)23(26-19)21(9-10-25)22-6-5-11-27(22)24/h5-8,11-14H,9-10,24-25H2,1-4H3/b8-7+,23-21-. The number of hydrogen-bond donors (Lipinski definition) is 1. The van der Waals surface area contributed by atoms with Crippen molar-refractivity contribution >= 4 is 25.3 Å². The minimum Gasteiger partial charge on any atom is -0.399 e. The number of nitrogens with zero attached hydrogens (tertiary/aromatic N) is 2. The highest BCUT2D eigenvalue weighted by Crippen LogP contribution is 2.31. The molecular weight excluding hydrogens is 329 g/mol. The lowest BCUT2D eigenvalue weighted by atomic mass is 9.99. The molecule has 3 rings (SSSR count). The van der Waals surface area contributed by atoms with Gasteiger partial charge in [0.05, 0.1) is 11.4 Å². The SMILES string of the molecule is Bn1cccc1/C(CCN)=C1N=C(/C=C/c2c(C)cc(C)cc2C)C=C\1C. The van der Waals surface area contributed by atoms with Crippen LogP contribution in [0.1, 0.15) is 41.3 Å². The van der Waals surface area contributed by atoms with Crippen LogP contribution in [0, 0.1) is 20.8 Å². The molecule has 0 bridgehead atoms. The molecule has 1 aromatic heterocycles. The van der Waals surface area contributed by atoms with Crippen LogP contribution in [0.3, 0.4) is 0 Å². The van der Waals surface area contributed by atoms with Crippen LogP contribution in [0.2, 0.25) is 0 Å². The summed E-state index contributed by atoms with van der Waals surface area (Å²) in [5.74, 6) is 0. The van der Waals surface area contributed by atoms with Gasteiger partial charge < -0.3 is 10.2 Å². The Bertz CT molecular complexity index is 964. The van der Waals surface area contributed by atoms with E-state index in [1.165, 1.54) is 39.1 Å². The molecule has 0 radical (unpaired) electrons. The van der Waals surface area contributed by atoms with Crippen molar-refractivity contribution in [1.82, 2.24) is 4.48 Å². The second-order valence-corrected chi connectivity index (χ2v) is 7.38. The van der Waals surface area contributed by atoms with Gasteiger partial charge in [-0.15, -0.1) is 0 Å². The Kier molecular flexibility index (Phi) is 5.66. The average Bonchev–Trinajstić information content (AvgIpc) is 3.17. The Morgan fingerprint density at radius 2 is 1.85 bits per heavy atom. The molecule has 0 saturated heterocycles. The van der Waals surface area contributed by atoms with Crippen LogP contribution in [0.15, 0.2) is 58.9 Å². The zero-order chi connectivity index (χ0) is 19.6. The monoisotopic (exact) mass is 357 g/mol. The number of aryl methyl sites for hydroxylation is 3. The summed E-state index contributed by atoms with van der Waals surface area (Å²) < 4.78 is 2.13. The highest BCUT2D eigenvalue weighted by Gasteiger charge is 2.17. The summed E-state index contributed by atoms with van der Waals surface area (Å²) in [5.41, 5.74) is 16.7. The van der Waals surface area contributed by atoms with E-state index in [4.69, 9.17) is 10.7 Å². The molecule has 0 aliphatic carbocycles. The molecule has 1 aliphatic heterocycles. The maximum Gasteiger partial charge on any atom is 0.223 e. The first-order valence-electron chi connectivity index (χ1n) is 9.49. The minimum absolute atomic E-state index is 0.611. The van der Waals surface area contributed by atoms with Gasteiger partial charge in [0.2, 0.25) is 7.98 Å². The highest BCUT2D eigenvalue weighted by molar-refractivity contribution is 6.11. The maximum absolute atomic E-state index is 5.89. The van der Waals surface area contributed by atoms with Gasteiger partial charge in [0.25, 0.3) is 0 Å². The van der Waals surface area contributed by atoms with Crippen LogP contribution < -0.4 is 5.73 Å². The van der Waals surface area contributed by atoms with Crippen molar-refractivity contribution in [3.05, 3.63) is 81.8 Å². The summed E-state index contributed by atoms with van der Waals surface area (Å²) in [6, 6.07) is 8.65. The largest absolute Gasteiger partial charge is 0.399 e. The minimum atomic E-state index is 0.611. The molecule has 2 N–H and O–H groups in total. The molecule has 27 heavy (non-hydrogen) atoms. The fourth-order valence-corrected chi connectivity index (χ4v) is 3.84. The Balaban J connectivity index is 1.99. The molecule has 3 nitrogen and oxygen atoms in total. The number of rotatable bonds is 5. The molecule has 2 heterocycles. The second kappa shape index (κ2) is 7.97. The van der Waals surface area contributed by atoms with Crippen LogP contribution >= 0.6 is 0 Å². The van der Waals surface area contributed by atoms with Gasteiger partial charge >= 0.3 is 0 Å². The molecule has 0 atom stereocenters. The lowest BCUT2D eigenvalue weighted by Crippen LogP contribution is -2.05. The van der Waals surface area contributed by atoms with Gasteiger partial charge in [0.1, 0.15) is 0 Å². The van der Waals surface area contributed by atoms with Crippen LogP contribution in [-0.2, 0) is 0 Å². The van der Waals surface area contributed by atoms with Crippen LogP contribution in [0.25, 0.3) is 11.6 Å². The fraction of sp³-hybridized carbons (Fsp3) is 0.261. The molecule has 0 spiro atoms. The Labute approximate surface area is 163 Å². The summed E-state index contributed by atoms with van der Waals surface area (Å²) >= 11 is 0. The Hall–Kier alpha value is -2.59. The Morgan fingerprint density at radius 1 is 1.15 bits per heavy atom. The lowest BCUT2D eigenvalue weighted by molar-refractivity contribution is 0.997. The van der Waals surface area contributed by atoms with Crippen molar-refractivity contribution in [2.75, 3.05) is 6.54 Å². The first-order valence-corrected chi connectivity index (χ1v) is 9.49. The number of nitrogens with two attached hydrogens (primary N) is 1. The summed E-state index contributed by atoms with van der Waals surface area (Å²) in [6.07, 6.45) is 9.33. The number of aromatic nitrogens is 1. The zero-order valence-corrected chi connectivity index (χ0v) is 17.0. The topological polar surface area (TPSA) is 43.3 Å².